The van der Waals surface area contributed by atoms with E-state index in [0.29, 0.717) is 6.54 Å². The molecular formula is C13H20N2OS. The van der Waals surface area contributed by atoms with Gasteiger partial charge in [0.1, 0.15) is 0 Å². The molecule has 0 spiro atoms. The van der Waals surface area contributed by atoms with Crippen molar-refractivity contribution < 1.29 is 4.79 Å². The highest BCUT2D eigenvalue weighted by atomic mass is 32.2. The lowest BCUT2D eigenvalue weighted by atomic mass is 10.1. The number of carbonyl (C=O) groups is 1. The van der Waals surface area contributed by atoms with E-state index in [4.69, 9.17) is 5.73 Å². The molecule has 0 saturated heterocycles. The molecule has 3 nitrogen and oxygen atoms in total. The van der Waals surface area contributed by atoms with Gasteiger partial charge in [-0.3, -0.25) is 4.79 Å². The lowest BCUT2D eigenvalue weighted by molar-refractivity contribution is -0.123. The second kappa shape index (κ2) is 7.35. The van der Waals surface area contributed by atoms with E-state index >= 15 is 0 Å². The number of hydrogen-bond donors (Lipinski definition) is 2. The summed E-state index contributed by atoms with van der Waals surface area (Å²) in [6, 6.07) is 9.73. The van der Waals surface area contributed by atoms with E-state index in [1.165, 1.54) is 4.90 Å². The van der Waals surface area contributed by atoms with Crippen molar-refractivity contribution in [1.29, 1.82) is 0 Å². The second-order valence-corrected chi connectivity index (χ2v) is 5.39. The first kappa shape index (κ1) is 14.1. The molecule has 3 N–H and O–H groups in total. The van der Waals surface area contributed by atoms with Crippen LogP contribution in [-0.2, 0) is 4.79 Å². The Morgan fingerprint density at radius 3 is 2.59 bits per heavy atom. The van der Waals surface area contributed by atoms with Crippen LogP contribution in [0.15, 0.2) is 35.2 Å². The number of nitrogens with one attached hydrogen (secondary N) is 1. The average molecular weight is 252 g/mol. The Balaban J connectivity index is 2.18. The van der Waals surface area contributed by atoms with E-state index in [1.54, 1.807) is 11.8 Å². The van der Waals surface area contributed by atoms with Crippen molar-refractivity contribution in [2.75, 3.05) is 12.3 Å². The molecule has 1 unspecified atom stereocenters. The molecule has 0 heterocycles. The standard InChI is InChI=1S/C13H20N2OS/c1-10(2)12(14)13(16)15-8-9-17-11-6-4-3-5-7-11/h3-7,10,12H,8-9,14H2,1-2H3,(H,15,16). The molecule has 0 fully saturated rings. The van der Waals surface area contributed by atoms with E-state index < -0.39 is 6.04 Å². The van der Waals surface area contributed by atoms with Crippen molar-refractivity contribution in [3.8, 4) is 0 Å². The number of thioether (sulfide) groups is 1. The predicted octanol–water partition coefficient (Wildman–Crippen LogP) is 1.88. The zero-order valence-corrected chi connectivity index (χ0v) is 11.2. The van der Waals surface area contributed by atoms with Crippen LogP contribution in [0.3, 0.4) is 0 Å². The quantitative estimate of drug-likeness (QED) is 0.600. The summed E-state index contributed by atoms with van der Waals surface area (Å²) >= 11 is 1.73. The van der Waals surface area contributed by atoms with Gasteiger partial charge in [0.05, 0.1) is 6.04 Å². The predicted molar refractivity (Wildman–Crippen MR) is 73.0 cm³/mol. The molecule has 0 radical (unpaired) electrons. The highest BCUT2D eigenvalue weighted by Gasteiger charge is 2.15. The molecule has 17 heavy (non-hydrogen) atoms. The summed E-state index contributed by atoms with van der Waals surface area (Å²) in [6.45, 7) is 4.55. The largest absolute Gasteiger partial charge is 0.354 e. The van der Waals surface area contributed by atoms with Crippen molar-refractivity contribution >= 4 is 17.7 Å². The normalized spacial score (nSPS) is 12.5. The molecule has 0 aliphatic heterocycles. The Morgan fingerprint density at radius 1 is 1.35 bits per heavy atom. The Labute approximate surface area is 107 Å². The Bertz CT molecular complexity index is 341. The third kappa shape index (κ3) is 5.24. The van der Waals surface area contributed by atoms with Gasteiger partial charge in [-0.25, -0.2) is 0 Å². The summed E-state index contributed by atoms with van der Waals surface area (Å²) in [6.07, 6.45) is 0. The SMILES string of the molecule is CC(C)C(N)C(=O)NCCSc1ccccc1. The van der Waals surface area contributed by atoms with Crippen LogP contribution in [0.1, 0.15) is 13.8 Å². The Hall–Kier alpha value is -1.00. The van der Waals surface area contributed by atoms with Crippen LogP contribution >= 0.6 is 11.8 Å². The van der Waals surface area contributed by atoms with E-state index in [0.717, 1.165) is 5.75 Å². The summed E-state index contributed by atoms with van der Waals surface area (Å²) in [4.78, 5) is 12.8. The maximum atomic E-state index is 11.6. The van der Waals surface area contributed by atoms with Gasteiger partial charge in [0.15, 0.2) is 0 Å². The topological polar surface area (TPSA) is 55.1 Å². The van der Waals surface area contributed by atoms with Crippen LogP contribution in [0.4, 0.5) is 0 Å². The van der Waals surface area contributed by atoms with E-state index in [9.17, 15) is 4.79 Å². The van der Waals surface area contributed by atoms with Gasteiger partial charge in [-0.05, 0) is 18.1 Å². The number of rotatable bonds is 6. The first-order valence-electron chi connectivity index (χ1n) is 5.82. The average Bonchev–Trinajstić information content (AvgIpc) is 2.34. The minimum Gasteiger partial charge on any atom is -0.354 e. The third-order valence-corrected chi connectivity index (χ3v) is 3.45. The van der Waals surface area contributed by atoms with E-state index in [2.05, 4.69) is 17.4 Å². The molecule has 94 valence electrons. The first-order chi connectivity index (χ1) is 8.11. The molecule has 1 aromatic carbocycles. The molecule has 0 aliphatic rings. The van der Waals surface area contributed by atoms with Gasteiger partial charge in [-0.15, -0.1) is 11.8 Å². The molecular weight excluding hydrogens is 232 g/mol. The van der Waals surface area contributed by atoms with Crippen LogP contribution in [0.25, 0.3) is 0 Å². The maximum absolute atomic E-state index is 11.6. The van der Waals surface area contributed by atoms with Gasteiger partial charge in [-0.2, -0.15) is 0 Å². The van der Waals surface area contributed by atoms with Gasteiger partial charge < -0.3 is 11.1 Å². The molecule has 1 amide bonds. The van der Waals surface area contributed by atoms with Crippen LogP contribution < -0.4 is 11.1 Å². The number of benzene rings is 1. The van der Waals surface area contributed by atoms with Crippen molar-refractivity contribution in [2.45, 2.75) is 24.8 Å². The molecule has 0 bridgehead atoms. The minimum absolute atomic E-state index is 0.0614. The van der Waals surface area contributed by atoms with Gasteiger partial charge >= 0.3 is 0 Å². The highest BCUT2D eigenvalue weighted by molar-refractivity contribution is 7.99. The fraction of sp³-hybridized carbons (Fsp3) is 0.462. The zero-order chi connectivity index (χ0) is 12.7. The summed E-state index contributed by atoms with van der Waals surface area (Å²) < 4.78 is 0. The van der Waals surface area contributed by atoms with Crippen molar-refractivity contribution in [2.24, 2.45) is 11.7 Å². The van der Waals surface area contributed by atoms with Gasteiger partial charge in [0.25, 0.3) is 0 Å². The third-order valence-electron chi connectivity index (χ3n) is 2.43. The smallest absolute Gasteiger partial charge is 0.237 e. The molecule has 1 atom stereocenters. The molecule has 1 rings (SSSR count). The van der Waals surface area contributed by atoms with Crippen molar-refractivity contribution in [3.63, 3.8) is 0 Å². The molecule has 4 heteroatoms. The number of amides is 1. The lowest BCUT2D eigenvalue weighted by Crippen LogP contribution is -2.44. The Kier molecular flexibility index (Phi) is 6.08. The number of carbonyl (C=O) groups excluding carboxylic acids is 1. The number of hydrogen-bond acceptors (Lipinski definition) is 3. The fourth-order valence-electron chi connectivity index (χ4n) is 1.28. The van der Waals surface area contributed by atoms with Crippen LogP contribution in [0.5, 0.6) is 0 Å². The maximum Gasteiger partial charge on any atom is 0.237 e. The second-order valence-electron chi connectivity index (χ2n) is 4.22. The van der Waals surface area contributed by atoms with Gasteiger partial charge in [-0.1, -0.05) is 32.0 Å². The summed E-state index contributed by atoms with van der Waals surface area (Å²) in [5.41, 5.74) is 5.73. The molecule has 0 aliphatic carbocycles. The molecule has 1 aromatic rings. The fourth-order valence-corrected chi connectivity index (χ4v) is 2.07. The van der Waals surface area contributed by atoms with Crippen LogP contribution in [0, 0.1) is 5.92 Å². The zero-order valence-electron chi connectivity index (χ0n) is 10.3. The van der Waals surface area contributed by atoms with Crippen LogP contribution in [-0.4, -0.2) is 24.2 Å². The lowest BCUT2D eigenvalue weighted by Gasteiger charge is -2.15. The monoisotopic (exact) mass is 252 g/mol. The number of nitrogens with two attached hydrogens (primary N) is 1. The van der Waals surface area contributed by atoms with E-state index in [1.807, 2.05) is 32.0 Å². The van der Waals surface area contributed by atoms with Crippen molar-refractivity contribution in [1.82, 2.24) is 5.32 Å². The van der Waals surface area contributed by atoms with E-state index in [-0.39, 0.29) is 11.8 Å². The summed E-state index contributed by atoms with van der Waals surface area (Å²) in [7, 11) is 0. The van der Waals surface area contributed by atoms with Crippen LogP contribution in [0.2, 0.25) is 0 Å². The first-order valence-corrected chi connectivity index (χ1v) is 6.81. The summed E-state index contributed by atoms with van der Waals surface area (Å²) in [5, 5.41) is 2.85. The highest BCUT2D eigenvalue weighted by Crippen LogP contribution is 2.15. The molecule has 0 saturated carbocycles. The van der Waals surface area contributed by atoms with Gasteiger partial charge in [0, 0.05) is 17.2 Å². The van der Waals surface area contributed by atoms with Gasteiger partial charge in [0.2, 0.25) is 5.91 Å². The summed E-state index contributed by atoms with van der Waals surface area (Å²) in [5.74, 6) is 0.978. The minimum atomic E-state index is -0.406. The Morgan fingerprint density at radius 2 is 2.00 bits per heavy atom. The molecule has 0 aromatic heterocycles. The van der Waals surface area contributed by atoms with Crippen molar-refractivity contribution in [3.05, 3.63) is 30.3 Å².